The SMILES string of the molecule is CC/C=C1/c2ccc(C=O)n2CCN1C=O. The van der Waals surface area contributed by atoms with Gasteiger partial charge in [-0.1, -0.05) is 13.0 Å². The van der Waals surface area contributed by atoms with Gasteiger partial charge in [-0.15, -0.1) is 0 Å². The molecule has 0 aromatic carbocycles. The molecule has 16 heavy (non-hydrogen) atoms. The Hall–Kier alpha value is -1.84. The molecule has 0 spiro atoms. The zero-order chi connectivity index (χ0) is 11.5. The van der Waals surface area contributed by atoms with Crippen molar-refractivity contribution in [2.75, 3.05) is 6.54 Å². The second kappa shape index (κ2) is 4.35. The van der Waals surface area contributed by atoms with Gasteiger partial charge in [-0.05, 0) is 18.6 Å². The smallest absolute Gasteiger partial charge is 0.214 e. The summed E-state index contributed by atoms with van der Waals surface area (Å²) in [5.41, 5.74) is 2.52. The Morgan fingerprint density at radius 2 is 2.12 bits per heavy atom. The topological polar surface area (TPSA) is 42.3 Å². The van der Waals surface area contributed by atoms with Gasteiger partial charge in [0.15, 0.2) is 6.29 Å². The fourth-order valence-corrected chi connectivity index (χ4v) is 2.06. The van der Waals surface area contributed by atoms with Crippen molar-refractivity contribution >= 4 is 18.4 Å². The molecule has 1 amide bonds. The molecule has 2 rings (SSSR count). The lowest BCUT2D eigenvalue weighted by atomic mass is 10.2. The Balaban J connectivity index is 2.50. The van der Waals surface area contributed by atoms with E-state index in [-0.39, 0.29) is 0 Å². The minimum Gasteiger partial charge on any atom is -0.335 e. The molecule has 0 N–H and O–H groups in total. The van der Waals surface area contributed by atoms with E-state index >= 15 is 0 Å². The van der Waals surface area contributed by atoms with Crippen LogP contribution >= 0.6 is 0 Å². The van der Waals surface area contributed by atoms with Crippen molar-refractivity contribution < 1.29 is 9.59 Å². The number of nitrogens with zero attached hydrogens (tertiary/aromatic N) is 2. The van der Waals surface area contributed by atoms with Gasteiger partial charge in [0.2, 0.25) is 6.41 Å². The van der Waals surface area contributed by atoms with Crippen LogP contribution in [0.25, 0.3) is 5.70 Å². The third-order valence-corrected chi connectivity index (χ3v) is 2.80. The van der Waals surface area contributed by atoms with Crippen molar-refractivity contribution in [3.05, 3.63) is 29.6 Å². The molecule has 4 heteroatoms. The van der Waals surface area contributed by atoms with Gasteiger partial charge >= 0.3 is 0 Å². The van der Waals surface area contributed by atoms with Crippen molar-refractivity contribution in [1.82, 2.24) is 9.47 Å². The van der Waals surface area contributed by atoms with E-state index < -0.39 is 0 Å². The summed E-state index contributed by atoms with van der Waals surface area (Å²) in [5, 5.41) is 0. The summed E-state index contributed by atoms with van der Waals surface area (Å²) in [5.74, 6) is 0. The van der Waals surface area contributed by atoms with E-state index in [0.29, 0.717) is 18.8 Å². The van der Waals surface area contributed by atoms with Crippen LogP contribution in [0, 0.1) is 0 Å². The highest BCUT2D eigenvalue weighted by Crippen LogP contribution is 2.25. The quantitative estimate of drug-likeness (QED) is 0.722. The molecule has 0 saturated carbocycles. The van der Waals surface area contributed by atoms with Gasteiger partial charge < -0.3 is 9.47 Å². The van der Waals surface area contributed by atoms with Gasteiger partial charge in [0, 0.05) is 13.1 Å². The standard InChI is InChI=1S/C12H14N2O2/c1-2-3-11-12-5-4-10(8-15)14(12)7-6-13(11)9-16/h3-5,8-9H,2,6-7H2,1H3/b11-3-. The summed E-state index contributed by atoms with van der Waals surface area (Å²) < 4.78 is 1.95. The van der Waals surface area contributed by atoms with E-state index in [2.05, 4.69) is 0 Å². The number of allylic oxidation sites excluding steroid dienone is 1. The maximum atomic E-state index is 10.9. The monoisotopic (exact) mass is 218 g/mol. The number of fused-ring (bicyclic) bond motifs is 1. The first kappa shape index (κ1) is 10.7. The molecule has 0 unspecified atom stereocenters. The molecule has 0 bridgehead atoms. The van der Waals surface area contributed by atoms with Crippen LogP contribution in [-0.2, 0) is 11.3 Å². The first-order valence-corrected chi connectivity index (χ1v) is 5.39. The fourth-order valence-electron chi connectivity index (χ4n) is 2.06. The van der Waals surface area contributed by atoms with E-state index in [4.69, 9.17) is 0 Å². The van der Waals surface area contributed by atoms with E-state index in [1.165, 1.54) is 0 Å². The van der Waals surface area contributed by atoms with Crippen LogP contribution in [0.1, 0.15) is 29.5 Å². The summed E-state index contributed by atoms with van der Waals surface area (Å²) in [6.45, 7) is 3.33. The van der Waals surface area contributed by atoms with Crippen molar-refractivity contribution in [3.8, 4) is 0 Å². The fraction of sp³-hybridized carbons (Fsp3) is 0.333. The summed E-state index contributed by atoms with van der Waals surface area (Å²) >= 11 is 0. The first-order valence-electron chi connectivity index (χ1n) is 5.39. The van der Waals surface area contributed by atoms with Crippen LogP contribution in [0.2, 0.25) is 0 Å². The zero-order valence-corrected chi connectivity index (χ0v) is 9.22. The van der Waals surface area contributed by atoms with Gasteiger partial charge in [0.05, 0.1) is 17.1 Å². The van der Waals surface area contributed by atoms with Gasteiger partial charge in [-0.3, -0.25) is 9.59 Å². The van der Waals surface area contributed by atoms with Crippen molar-refractivity contribution in [3.63, 3.8) is 0 Å². The average Bonchev–Trinajstić information content (AvgIpc) is 2.73. The highest BCUT2D eigenvalue weighted by molar-refractivity contribution is 5.79. The van der Waals surface area contributed by atoms with Crippen molar-refractivity contribution in [2.45, 2.75) is 19.9 Å². The van der Waals surface area contributed by atoms with Gasteiger partial charge in [-0.2, -0.15) is 0 Å². The highest BCUT2D eigenvalue weighted by Gasteiger charge is 2.21. The lowest BCUT2D eigenvalue weighted by Gasteiger charge is -2.28. The third kappa shape index (κ3) is 1.56. The molecular formula is C12H14N2O2. The van der Waals surface area contributed by atoms with Crippen LogP contribution < -0.4 is 0 Å². The largest absolute Gasteiger partial charge is 0.335 e. The maximum absolute atomic E-state index is 10.9. The molecule has 2 heterocycles. The minimum atomic E-state index is 0.623. The molecule has 1 aromatic rings. The van der Waals surface area contributed by atoms with E-state index in [9.17, 15) is 9.59 Å². The predicted octanol–water partition coefficient (Wildman–Crippen LogP) is 1.52. The summed E-state index contributed by atoms with van der Waals surface area (Å²) in [6, 6.07) is 3.68. The average molecular weight is 218 g/mol. The third-order valence-electron chi connectivity index (χ3n) is 2.80. The molecule has 1 aliphatic heterocycles. The molecule has 84 valence electrons. The van der Waals surface area contributed by atoms with E-state index in [0.717, 1.165) is 30.5 Å². The normalized spacial score (nSPS) is 17.3. The van der Waals surface area contributed by atoms with Crippen molar-refractivity contribution in [2.24, 2.45) is 0 Å². The molecule has 1 aliphatic rings. The van der Waals surface area contributed by atoms with Crippen molar-refractivity contribution in [1.29, 1.82) is 0 Å². The van der Waals surface area contributed by atoms with Crippen LogP contribution in [0.5, 0.6) is 0 Å². The van der Waals surface area contributed by atoms with Crippen LogP contribution in [-0.4, -0.2) is 28.7 Å². The first-order chi connectivity index (χ1) is 7.81. The molecule has 4 nitrogen and oxygen atoms in total. The number of rotatable bonds is 3. The minimum absolute atomic E-state index is 0.623. The molecule has 0 saturated heterocycles. The molecule has 0 radical (unpaired) electrons. The molecule has 0 fully saturated rings. The number of hydrogen-bond donors (Lipinski definition) is 0. The Morgan fingerprint density at radius 1 is 1.31 bits per heavy atom. The lowest BCUT2D eigenvalue weighted by molar-refractivity contribution is -0.115. The number of hydrogen-bond acceptors (Lipinski definition) is 2. The van der Waals surface area contributed by atoms with Gasteiger partial charge in [0.25, 0.3) is 0 Å². The molecular weight excluding hydrogens is 204 g/mol. The highest BCUT2D eigenvalue weighted by atomic mass is 16.1. The Bertz CT molecular complexity index is 446. The Morgan fingerprint density at radius 3 is 2.75 bits per heavy atom. The molecule has 0 atom stereocenters. The maximum Gasteiger partial charge on any atom is 0.214 e. The number of carbonyl (C=O) groups excluding carboxylic acids is 2. The number of amides is 1. The van der Waals surface area contributed by atoms with Gasteiger partial charge in [-0.25, -0.2) is 0 Å². The lowest BCUT2D eigenvalue weighted by Crippen LogP contribution is -2.31. The number of carbonyl (C=O) groups is 2. The Labute approximate surface area is 94.2 Å². The van der Waals surface area contributed by atoms with Crippen LogP contribution in [0.3, 0.4) is 0 Å². The predicted molar refractivity (Wildman–Crippen MR) is 60.9 cm³/mol. The van der Waals surface area contributed by atoms with Gasteiger partial charge in [0.1, 0.15) is 0 Å². The van der Waals surface area contributed by atoms with Crippen LogP contribution in [0.15, 0.2) is 18.2 Å². The van der Waals surface area contributed by atoms with E-state index in [1.807, 2.05) is 23.6 Å². The second-order valence-electron chi connectivity index (χ2n) is 3.71. The summed E-state index contributed by atoms with van der Waals surface area (Å²) in [7, 11) is 0. The van der Waals surface area contributed by atoms with Crippen LogP contribution in [0.4, 0.5) is 0 Å². The Kier molecular flexibility index (Phi) is 2.90. The zero-order valence-electron chi connectivity index (χ0n) is 9.22. The number of aromatic nitrogens is 1. The molecule has 0 aliphatic carbocycles. The number of aldehydes is 1. The summed E-state index contributed by atoms with van der Waals surface area (Å²) in [6.07, 6.45) is 4.57. The summed E-state index contributed by atoms with van der Waals surface area (Å²) in [4.78, 5) is 23.5. The second-order valence-corrected chi connectivity index (χ2v) is 3.71. The van der Waals surface area contributed by atoms with E-state index in [1.54, 1.807) is 11.0 Å². The molecule has 1 aromatic heterocycles.